The van der Waals surface area contributed by atoms with Gasteiger partial charge >= 0.3 is 0 Å². The maximum Gasteiger partial charge on any atom is 0.164 e. The van der Waals surface area contributed by atoms with Crippen molar-refractivity contribution in [2.75, 3.05) is 5.43 Å². The van der Waals surface area contributed by atoms with Crippen LogP contribution in [-0.2, 0) is 5.66 Å². The van der Waals surface area contributed by atoms with Gasteiger partial charge < -0.3 is 11.2 Å². The first-order chi connectivity index (χ1) is 9.77. The van der Waals surface area contributed by atoms with Gasteiger partial charge in [0.1, 0.15) is 5.01 Å². The minimum Gasteiger partial charge on any atom is -0.319 e. The van der Waals surface area contributed by atoms with Crippen molar-refractivity contribution in [1.82, 2.24) is 10.4 Å². The van der Waals surface area contributed by atoms with Crippen molar-refractivity contribution in [3.63, 3.8) is 0 Å². The van der Waals surface area contributed by atoms with Crippen molar-refractivity contribution in [1.29, 1.82) is 0 Å². The second-order valence-electron chi connectivity index (χ2n) is 4.67. The molecule has 1 atom stereocenters. The summed E-state index contributed by atoms with van der Waals surface area (Å²) in [6.45, 7) is 0. The Labute approximate surface area is 124 Å². The quantitative estimate of drug-likeness (QED) is 0.681. The van der Waals surface area contributed by atoms with Crippen LogP contribution in [0.25, 0.3) is 11.1 Å². The zero-order valence-corrected chi connectivity index (χ0v) is 12.1. The third kappa shape index (κ3) is 1.70. The van der Waals surface area contributed by atoms with E-state index in [2.05, 4.69) is 50.9 Å². The largest absolute Gasteiger partial charge is 0.319 e. The molecule has 4 nitrogen and oxygen atoms in total. The summed E-state index contributed by atoms with van der Waals surface area (Å²) in [6, 6.07) is 8.40. The molecular weight excluding hydrogens is 288 g/mol. The summed E-state index contributed by atoms with van der Waals surface area (Å²) >= 11 is 3.24. The number of thiophene rings is 1. The fourth-order valence-corrected chi connectivity index (χ4v) is 3.79. The maximum atomic E-state index is 6.54. The van der Waals surface area contributed by atoms with Crippen molar-refractivity contribution >= 4 is 28.4 Å². The predicted octanol–water partition coefficient (Wildman–Crippen LogP) is 2.96. The molecule has 0 saturated heterocycles. The van der Waals surface area contributed by atoms with Gasteiger partial charge in [0, 0.05) is 17.1 Å². The summed E-state index contributed by atoms with van der Waals surface area (Å²) in [5.74, 6) is 0. The molecule has 1 aliphatic heterocycles. The lowest BCUT2D eigenvalue weighted by atomic mass is 9.97. The Bertz CT molecular complexity index is 737. The molecule has 4 rings (SSSR count). The van der Waals surface area contributed by atoms with Crippen molar-refractivity contribution in [3.8, 4) is 11.1 Å². The zero-order chi connectivity index (χ0) is 13.6. The fraction of sp³-hybridized carbons (Fsp3) is 0.0714. The van der Waals surface area contributed by atoms with Crippen LogP contribution in [0.15, 0.2) is 46.6 Å². The Morgan fingerprint density at radius 1 is 1.15 bits per heavy atom. The topological polar surface area (TPSA) is 63.0 Å². The number of nitrogens with zero attached hydrogens (tertiary/aromatic N) is 1. The number of fused-ring (bicyclic) bond motifs is 1. The van der Waals surface area contributed by atoms with Crippen LogP contribution in [0.2, 0.25) is 0 Å². The van der Waals surface area contributed by atoms with Gasteiger partial charge in [-0.15, -0.1) is 11.3 Å². The van der Waals surface area contributed by atoms with Crippen molar-refractivity contribution < 1.29 is 0 Å². The molecule has 0 spiro atoms. The van der Waals surface area contributed by atoms with E-state index >= 15 is 0 Å². The van der Waals surface area contributed by atoms with Crippen molar-refractivity contribution in [2.45, 2.75) is 5.66 Å². The lowest BCUT2D eigenvalue weighted by Crippen LogP contribution is -2.48. The molecule has 0 bridgehead atoms. The van der Waals surface area contributed by atoms with E-state index in [4.69, 9.17) is 5.73 Å². The SMILES string of the molecule is NC1(c2nccs2)NNc2ccc(-c3ccsc3)cc21. The van der Waals surface area contributed by atoms with E-state index in [9.17, 15) is 0 Å². The Balaban J connectivity index is 1.86. The Kier molecular flexibility index (Phi) is 2.64. The van der Waals surface area contributed by atoms with Crippen LogP contribution in [0.4, 0.5) is 5.69 Å². The molecule has 0 aliphatic carbocycles. The maximum absolute atomic E-state index is 6.54. The Morgan fingerprint density at radius 2 is 2.10 bits per heavy atom. The second-order valence-corrected chi connectivity index (χ2v) is 6.34. The van der Waals surface area contributed by atoms with Gasteiger partial charge in [0.2, 0.25) is 0 Å². The molecule has 20 heavy (non-hydrogen) atoms. The van der Waals surface area contributed by atoms with Crippen LogP contribution < -0.4 is 16.6 Å². The van der Waals surface area contributed by atoms with Crippen LogP contribution >= 0.6 is 22.7 Å². The first-order valence-electron chi connectivity index (χ1n) is 6.16. The number of rotatable bonds is 2. The number of hydrazine groups is 1. The lowest BCUT2D eigenvalue weighted by molar-refractivity contribution is 0.481. The number of nitrogens with one attached hydrogen (secondary N) is 2. The van der Waals surface area contributed by atoms with Crippen LogP contribution in [-0.4, -0.2) is 4.98 Å². The number of hydrogen-bond donors (Lipinski definition) is 3. The average molecular weight is 300 g/mol. The Hall–Kier alpha value is -1.73. The van der Waals surface area contributed by atoms with E-state index in [1.165, 1.54) is 11.1 Å². The molecule has 0 radical (unpaired) electrons. The van der Waals surface area contributed by atoms with Crippen LogP contribution in [0, 0.1) is 0 Å². The van der Waals surface area contributed by atoms with Gasteiger partial charge in [-0.1, -0.05) is 6.07 Å². The summed E-state index contributed by atoms with van der Waals surface area (Å²) in [7, 11) is 0. The van der Waals surface area contributed by atoms with Crippen LogP contribution in [0.5, 0.6) is 0 Å². The van der Waals surface area contributed by atoms with Gasteiger partial charge in [0.25, 0.3) is 0 Å². The van der Waals surface area contributed by atoms with Crippen molar-refractivity contribution in [2.24, 2.45) is 5.73 Å². The summed E-state index contributed by atoms with van der Waals surface area (Å²) in [6.07, 6.45) is 1.77. The third-order valence-corrected chi connectivity index (χ3v) is 5.05. The number of hydrogen-bond acceptors (Lipinski definition) is 6. The molecule has 0 amide bonds. The molecule has 1 aromatic carbocycles. The van der Waals surface area contributed by atoms with Gasteiger partial charge in [0.05, 0.1) is 5.69 Å². The van der Waals surface area contributed by atoms with E-state index in [1.54, 1.807) is 28.9 Å². The number of nitrogens with two attached hydrogens (primary N) is 1. The smallest absolute Gasteiger partial charge is 0.164 e. The van der Waals surface area contributed by atoms with Crippen LogP contribution in [0.3, 0.4) is 0 Å². The molecule has 6 heteroatoms. The highest BCUT2D eigenvalue weighted by atomic mass is 32.1. The van der Waals surface area contributed by atoms with E-state index in [0.717, 1.165) is 16.3 Å². The number of aromatic nitrogens is 1. The molecule has 100 valence electrons. The first kappa shape index (κ1) is 12.0. The fourth-order valence-electron chi connectivity index (χ4n) is 2.41. The molecule has 3 aromatic rings. The molecule has 0 saturated carbocycles. The lowest BCUT2D eigenvalue weighted by Gasteiger charge is -2.22. The van der Waals surface area contributed by atoms with Gasteiger partial charge in [-0.25, -0.2) is 10.4 Å². The second kappa shape index (κ2) is 4.39. The first-order valence-corrected chi connectivity index (χ1v) is 7.99. The molecule has 4 N–H and O–H groups in total. The average Bonchev–Trinajstić information content (AvgIpc) is 3.20. The van der Waals surface area contributed by atoms with E-state index in [-0.39, 0.29) is 0 Å². The van der Waals surface area contributed by atoms with Gasteiger partial charge in [0.15, 0.2) is 5.66 Å². The van der Waals surface area contributed by atoms with Gasteiger partial charge in [-0.3, -0.25) is 0 Å². The van der Waals surface area contributed by atoms with Crippen molar-refractivity contribution in [3.05, 3.63) is 57.2 Å². The molecule has 2 aromatic heterocycles. The summed E-state index contributed by atoms with van der Waals surface area (Å²) < 4.78 is 0. The molecule has 1 aliphatic rings. The number of thiazole rings is 1. The standard InChI is InChI=1S/C14H12N4S2/c15-14(13-16-4-6-20-13)11-7-9(10-3-5-19-8-10)1-2-12(11)17-18-14/h1-8,17-18H,15H2. The highest BCUT2D eigenvalue weighted by Crippen LogP contribution is 2.38. The van der Waals surface area contributed by atoms with Gasteiger partial charge in [-0.2, -0.15) is 11.3 Å². The van der Waals surface area contributed by atoms with E-state index in [0.29, 0.717) is 0 Å². The minimum absolute atomic E-state index is 0.768. The third-order valence-electron chi connectivity index (χ3n) is 3.46. The number of anilines is 1. The molecular formula is C14H12N4S2. The molecule has 1 unspecified atom stereocenters. The van der Waals surface area contributed by atoms with Gasteiger partial charge in [-0.05, 0) is 40.1 Å². The predicted molar refractivity (Wildman–Crippen MR) is 83.6 cm³/mol. The minimum atomic E-state index is -0.768. The monoisotopic (exact) mass is 300 g/mol. The highest BCUT2D eigenvalue weighted by molar-refractivity contribution is 7.09. The molecule has 0 fully saturated rings. The summed E-state index contributed by atoms with van der Waals surface area (Å²) in [5.41, 5.74) is 16.5. The zero-order valence-electron chi connectivity index (χ0n) is 10.5. The summed E-state index contributed by atoms with van der Waals surface area (Å²) in [4.78, 5) is 4.35. The molecule has 3 heterocycles. The summed E-state index contributed by atoms with van der Waals surface area (Å²) in [5, 5.41) is 7.01. The van der Waals surface area contributed by atoms with E-state index in [1.807, 2.05) is 5.38 Å². The normalized spacial score (nSPS) is 20.6. The number of benzene rings is 1. The highest BCUT2D eigenvalue weighted by Gasteiger charge is 2.39. The van der Waals surface area contributed by atoms with Crippen LogP contribution in [0.1, 0.15) is 10.6 Å². The van der Waals surface area contributed by atoms with E-state index < -0.39 is 5.66 Å². The Morgan fingerprint density at radius 3 is 2.85 bits per heavy atom.